The Kier molecular flexibility index (Phi) is 4.24. The number of phenols is 1. The van der Waals surface area contributed by atoms with Crippen LogP contribution in [0, 0.1) is 17.8 Å². The average Bonchev–Trinajstić information content (AvgIpc) is 2.20. The molecular formula is C14H18O. The van der Waals surface area contributed by atoms with Crippen molar-refractivity contribution >= 4 is 0 Å². The quantitative estimate of drug-likeness (QED) is 0.729. The van der Waals surface area contributed by atoms with E-state index < -0.39 is 0 Å². The van der Waals surface area contributed by atoms with Crippen molar-refractivity contribution in [2.45, 2.75) is 33.6 Å². The van der Waals surface area contributed by atoms with E-state index in [1.807, 2.05) is 12.1 Å². The molecule has 0 saturated heterocycles. The number of hydrogen-bond acceptors (Lipinski definition) is 1. The Labute approximate surface area is 92.1 Å². The lowest BCUT2D eigenvalue weighted by Gasteiger charge is -2.00. The summed E-state index contributed by atoms with van der Waals surface area (Å²) < 4.78 is 0. The molecule has 0 spiro atoms. The summed E-state index contributed by atoms with van der Waals surface area (Å²) in [6.45, 7) is 6.37. The van der Waals surface area contributed by atoms with E-state index >= 15 is 0 Å². The predicted molar refractivity (Wildman–Crippen MR) is 63.8 cm³/mol. The first-order valence-electron chi connectivity index (χ1n) is 5.44. The molecule has 1 aromatic rings. The zero-order valence-corrected chi connectivity index (χ0v) is 9.67. The Morgan fingerprint density at radius 1 is 1.33 bits per heavy atom. The van der Waals surface area contributed by atoms with Gasteiger partial charge in [-0.15, -0.1) is 0 Å². The maximum Gasteiger partial charge on any atom is 0.131 e. The first-order valence-corrected chi connectivity index (χ1v) is 5.44. The van der Waals surface area contributed by atoms with E-state index in [9.17, 15) is 5.11 Å². The second-order valence-corrected chi connectivity index (χ2v) is 4.10. The van der Waals surface area contributed by atoms with Gasteiger partial charge < -0.3 is 5.11 Å². The van der Waals surface area contributed by atoms with Crippen LogP contribution < -0.4 is 0 Å². The van der Waals surface area contributed by atoms with Gasteiger partial charge in [0.15, 0.2) is 0 Å². The van der Waals surface area contributed by atoms with Crippen LogP contribution in [0.25, 0.3) is 0 Å². The third-order valence-corrected chi connectivity index (χ3v) is 2.20. The largest absolute Gasteiger partial charge is 0.507 e. The van der Waals surface area contributed by atoms with Crippen LogP contribution in [0.15, 0.2) is 18.2 Å². The Morgan fingerprint density at radius 2 is 2.07 bits per heavy atom. The lowest BCUT2D eigenvalue weighted by atomic mass is 10.1. The van der Waals surface area contributed by atoms with Crippen LogP contribution in [0.5, 0.6) is 5.75 Å². The molecule has 80 valence electrons. The number of phenolic OH excluding ortho intramolecular Hbond substituents is 1. The van der Waals surface area contributed by atoms with Crippen LogP contribution in [0.1, 0.15) is 38.3 Å². The van der Waals surface area contributed by atoms with E-state index in [4.69, 9.17) is 0 Å². The Morgan fingerprint density at radius 3 is 2.67 bits per heavy atom. The van der Waals surface area contributed by atoms with Gasteiger partial charge in [-0.3, -0.25) is 0 Å². The van der Waals surface area contributed by atoms with Crippen LogP contribution in [0.2, 0.25) is 0 Å². The van der Waals surface area contributed by atoms with E-state index in [2.05, 4.69) is 32.6 Å². The zero-order chi connectivity index (χ0) is 11.3. The van der Waals surface area contributed by atoms with Crippen LogP contribution >= 0.6 is 0 Å². The van der Waals surface area contributed by atoms with Crippen LogP contribution in [0.4, 0.5) is 0 Å². The van der Waals surface area contributed by atoms with Crippen molar-refractivity contribution in [3.8, 4) is 17.6 Å². The average molecular weight is 202 g/mol. The second kappa shape index (κ2) is 5.46. The van der Waals surface area contributed by atoms with E-state index in [0.717, 1.165) is 18.4 Å². The fourth-order valence-corrected chi connectivity index (χ4v) is 1.25. The monoisotopic (exact) mass is 202 g/mol. The summed E-state index contributed by atoms with van der Waals surface area (Å²) in [5.74, 6) is 6.96. The zero-order valence-electron chi connectivity index (χ0n) is 9.67. The Hall–Kier alpha value is -1.42. The van der Waals surface area contributed by atoms with Crippen LogP contribution in [0.3, 0.4) is 0 Å². The maximum absolute atomic E-state index is 9.59. The molecule has 0 fully saturated rings. The molecule has 1 rings (SSSR count). The molecule has 0 aliphatic heterocycles. The van der Waals surface area contributed by atoms with Gasteiger partial charge in [-0.05, 0) is 30.0 Å². The molecular weight excluding hydrogens is 184 g/mol. The molecule has 0 aromatic heterocycles. The minimum atomic E-state index is 0.281. The van der Waals surface area contributed by atoms with Gasteiger partial charge >= 0.3 is 0 Å². The highest BCUT2D eigenvalue weighted by molar-refractivity contribution is 5.47. The van der Waals surface area contributed by atoms with Gasteiger partial charge in [-0.2, -0.15) is 0 Å². The van der Waals surface area contributed by atoms with Crippen molar-refractivity contribution in [2.75, 3.05) is 0 Å². The molecule has 0 amide bonds. The summed E-state index contributed by atoms with van der Waals surface area (Å²) in [7, 11) is 0. The van der Waals surface area contributed by atoms with Crippen molar-refractivity contribution in [2.24, 2.45) is 5.92 Å². The van der Waals surface area contributed by atoms with Gasteiger partial charge in [-0.1, -0.05) is 38.7 Å². The number of aromatic hydroxyl groups is 1. The molecule has 0 bridgehead atoms. The number of hydrogen-bond donors (Lipinski definition) is 1. The first kappa shape index (κ1) is 11.7. The SMILES string of the molecule is CCc1ccc(O)c(C#CCC(C)C)c1. The minimum absolute atomic E-state index is 0.281. The van der Waals surface area contributed by atoms with E-state index in [1.165, 1.54) is 5.56 Å². The molecule has 0 unspecified atom stereocenters. The van der Waals surface area contributed by atoms with Crippen molar-refractivity contribution in [3.63, 3.8) is 0 Å². The summed E-state index contributed by atoms with van der Waals surface area (Å²) >= 11 is 0. The molecule has 0 saturated carbocycles. The summed E-state index contributed by atoms with van der Waals surface area (Å²) in [6, 6.07) is 5.61. The van der Waals surface area contributed by atoms with Crippen molar-refractivity contribution in [1.82, 2.24) is 0 Å². The van der Waals surface area contributed by atoms with Crippen LogP contribution in [-0.4, -0.2) is 5.11 Å². The molecule has 0 aliphatic rings. The van der Waals surface area contributed by atoms with Gasteiger partial charge in [0, 0.05) is 6.42 Å². The smallest absolute Gasteiger partial charge is 0.131 e. The highest BCUT2D eigenvalue weighted by Crippen LogP contribution is 2.17. The molecule has 1 N–H and O–H groups in total. The summed E-state index contributed by atoms with van der Waals surface area (Å²) in [5.41, 5.74) is 1.96. The molecule has 0 atom stereocenters. The standard InChI is InChI=1S/C14H18O/c1-4-12-8-9-14(15)13(10-12)7-5-6-11(2)3/h8-11,15H,4,6H2,1-3H3. The summed E-state index contributed by atoms with van der Waals surface area (Å²) in [4.78, 5) is 0. The van der Waals surface area contributed by atoms with E-state index in [-0.39, 0.29) is 5.75 Å². The van der Waals surface area contributed by atoms with Crippen LogP contribution in [-0.2, 0) is 6.42 Å². The maximum atomic E-state index is 9.59. The van der Waals surface area contributed by atoms with E-state index in [0.29, 0.717) is 5.92 Å². The second-order valence-electron chi connectivity index (χ2n) is 4.10. The summed E-state index contributed by atoms with van der Waals surface area (Å²) in [6.07, 6.45) is 1.84. The van der Waals surface area contributed by atoms with Crippen molar-refractivity contribution < 1.29 is 5.11 Å². The van der Waals surface area contributed by atoms with Gasteiger partial charge in [0.1, 0.15) is 5.75 Å². The molecule has 1 heteroatoms. The molecule has 1 nitrogen and oxygen atoms in total. The third kappa shape index (κ3) is 3.67. The number of rotatable bonds is 2. The topological polar surface area (TPSA) is 20.2 Å². The number of benzene rings is 1. The Balaban J connectivity index is 2.86. The fourth-order valence-electron chi connectivity index (χ4n) is 1.25. The third-order valence-electron chi connectivity index (χ3n) is 2.20. The minimum Gasteiger partial charge on any atom is -0.507 e. The highest BCUT2D eigenvalue weighted by Gasteiger charge is 1.98. The van der Waals surface area contributed by atoms with Gasteiger partial charge in [0.2, 0.25) is 0 Å². The first-order chi connectivity index (χ1) is 7.13. The highest BCUT2D eigenvalue weighted by atomic mass is 16.3. The molecule has 0 radical (unpaired) electrons. The lowest BCUT2D eigenvalue weighted by Crippen LogP contribution is -1.85. The molecule has 0 heterocycles. The summed E-state index contributed by atoms with van der Waals surface area (Å²) in [5, 5.41) is 9.59. The lowest BCUT2D eigenvalue weighted by molar-refractivity contribution is 0.473. The van der Waals surface area contributed by atoms with Gasteiger partial charge in [0.25, 0.3) is 0 Å². The predicted octanol–water partition coefficient (Wildman–Crippen LogP) is 3.35. The van der Waals surface area contributed by atoms with Gasteiger partial charge in [0.05, 0.1) is 5.56 Å². The van der Waals surface area contributed by atoms with Crippen molar-refractivity contribution in [3.05, 3.63) is 29.3 Å². The fraction of sp³-hybridized carbons (Fsp3) is 0.429. The molecule has 15 heavy (non-hydrogen) atoms. The normalized spacial score (nSPS) is 9.87. The van der Waals surface area contributed by atoms with Gasteiger partial charge in [-0.25, -0.2) is 0 Å². The Bertz CT molecular complexity index is 380. The molecule has 1 aromatic carbocycles. The van der Waals surface area contributed by atoms with Crippen molar-refractivity contribution in [1.29, 1.82) is 0 Å². The van der Waals surface area contributed by atoms with E-state index in [1.54, 1.807) is 6.07 Å². The molecule has 0 aliphatic carbocycles. The number of aryl methyl sites for hydroxylation is 1.